The molecule has 4 heteroatoms. The van der Waals surface area contributed by atoms with Gasteiger partial charge in [0.15, 0.2) is 0 Å². The molecule has 2 aromatic carbocycles. The van der Waals surface area contributed by atoms with Gasteiger partial charge in [0.25, 0.3) is 0 Å². The molecule has 0 aliphatic carbocycles. The number of nitrogens with one attached hydrogen (secondary N) is 1. The van der Waals surface area contributed by atoms with E-state index in [1.807, 2.05) is 50.2 Å². The lowest BCUT2D eigenvalue weighted by atomic mass is 9.94. The third-order valence-corrected chi connectivity index (χ3v) is 3.60. The van der Waals surface area contributed by atoms with E-state index in [1.165, 1.54) is 0 Å². The SMILES string of the molecule is Cc1cc(C)cc(C[C@H](CC(=O)Nc2ccccc2)C(=O)O)c1. The Morgan fingerprint density at radius 2 is 1.65 bits per heavy atom. The second-order valence-electron chi connectivity index (χ2n) is 5.85. The maximum atomic E-state index is 12.1. The second kappa shape index (κ2) is 7.58. The number of carboxylic acid groups (broad SMARTS) is 1. The van der Waals surface area contributed by atoms with E-state index in [4.69, 9.17) is 0 Å². The lowest BCUT2D eigenvalue weighted by Gasteiger charge is -2.13. The average Bonchev–Trinajstić information content (AvgIpc) is 2.46. The minimum atomic E-state index is -0.952. The molecule has 4 nitrogen and oxygen atoms in total. The molecule has 0 spiro atoms. The summed E-state index contributed by atoms with van der Waals surface area (Å²) in [5, 5.41) is 12.1. The summed E-state index contributed by atoms with van der Waals surface area (Å²) < 4.78 is 0. The van der Waals surface area contributed by atoms with Gasteiger partial charge in [-0.25, -0.2) is 0 Å². The van der Waals surface area contributed by atoms with Crippen LogP contribution in [0.15, 0.2) is 48.5 Å². The molecule has 0 fully saturated rings. The predicted molar refractivity (Wildman–Crippen MR) is 90.4 cm³/mol. The zero-order valence-electron chi connectivity index (χ0n) is 13.4. The van der Waals surface area contributed by atoms with Gasteiger partial charge in [-0.05, 0) is 38.0 Å². The molecule has 2 N–H and O–H groups in total. The Morgan fingerprint density at radius 1 is 1.04 bits per heavy atom. The number of hydrogen-bond acceptors (Lipinski definition) is 2. The predicted octanol–water partition coefficient (Wildman–Crippen LogP) is 3.58. The van der Waals surface area contributed by atoms with E-state index < -0.39 is 11.9 Å². The van der Waals surface area contributed by atoms with E-state index in [0.717, 1.165) is 16.7 Å². The zero-order chi connectivity index (χ0) is 16.8. The number of hydrogen-bond donors (Lipinski definition) is 2. The van der Waals surface area contributed by atoms with Gasteiger partial charge in [-0.1, -0.05) is 47.5 Å². The highest BCUT2D eigenvalue weighted by Gasteiger charge is 2.22. The van der Waals surface area contributed by atoms with Gasteiger partial charge >= 0.3 is 5.97 Å². The fourth-order valence-corrected chi connectivity index (χ4v) is 2.68. The van der Waals surface area contributed by atoms with E-state index in [2.05, 4.69) is 5.32 Å². The summed E-state index contributed by atoms with van der Waals surface area (Å²) in [5.41, 5.74) is 3.81. The number of para-hydroxylation sites is 1. The van der Waals surface area contributed by atoms with Gasteiger partial charge in [0.1, 0.15) is 0 Å². The minimum Gasteiger partial charge on any atom is -0.481 e. The van der Waals surface area contributed by atoms with Crippen molar-refractivity contribution >= 4 is 17.6 Å². The van der Waals surface area contributed by atoms with Gasteiger partial charge in [-0.3, -0.25) is 9.59 Å². The third-order valence-electron chi connectivity index (χ3n) is 3.60. The molecule has 0 aliphatic rings. The maximum Gasteiger partial charge on any atom is 0.307 e. The fourth-order valence-electron chi connectivity index (χ4n) is 2.68. The Morgan fingerprint density at radius 3 is 2.22 bits per heavy atom. The summed E-state index contributed by atoms with van der Waals surface area (Å²) in [4.78, 5) is 23.6. The molecule has 0 unspecified atom stereocenters. The number of anilines is 1. The summed E-state index contributed by atoms with van der Waals surface area (Å²) in [6.45, 7) is 3.96. The molecule has 0 heterocycles. The molecule has 23 heavy (non-hydrogen) atoms. The summed E-state index contributed by atoms with van der Waals surface area (Å²) in [6.07, 6.45) is 0.303. The smallest absolute Gasteiger partial charge is 0.307 e. The average molecular weight is 311 g/mol. The Balaban J connectivity index is 2.03. The van der Waals surface area contributed by atoms with Crippen LogP contribution in [0.3, 0.4) is 0 Å². The van der Waals surface area contributed by atoms with Crippen LogP contribution in [-0.2, 0) is 16.0 Å². The number of carbonyl (C=O) groups excluding carboxylic acids is 1. The van der Waals surface area contributed by atoms with Crippen LogP contribution in [0.2, 0.25) is 0 Å². The van der Waals surface area contributed by atoms with Crippen molar-refractivity contribution in [3.8, 4) is 0 Å². The first kappa shape index (κ1) is 16.7. The quantitative estimate of drug-likeness (QED) is 0.857. The van der Waals surface area contributed by atoms with Crippen LogP contribution < -0.4 is 5.32 Å². The third kappa shape index (κ3) is 5.25. The Hall–Kier alpha value is -2.62. The molecule has 1 amide bonds. The van der Waals surface area contributed by atoms with E-state index in [0.29, 0.717) is 12.1 Å². The molecular weight excluding hydrogens is 290 g/mol. The molecule has 2 rings (SSSR count). The van der Waals surface area contributed by atoms with E-state index in [-0.39, 0.29) is 12.3 Å². The monoisotopic (exact) mass is 311 g/mol. The molecule has 0 saturated heterocycles. The maximum absolute atomic E-state index is 12.1. The first-order valence-corrected chi connectivity index (χ1v) is 7.59. The van der Waals surface area contributed by atoms with Crippen molar-refractivity contribution in [3.63, 3.8) is 0 Å². The topological polar surface area (TPSA) is 66.4 Å². The van der Waals surface area contributed by atoms with Crippen molar-refractivity contribution < 1.29 is 14.7 Å². The van der Waals surface area contributed by atoms with Crippen molar-refractivity contribution in [2.45, 2.75) is 26.7 Å². The highest BCUT2D eigenvalue weighted by Crippen LogP contribution is 2.17. The van der Waals surface area contributed by atoms with Crippen LogP contribution >= 0.6 is 0 Å². The fraction of sp³-hybridized carbons (Fsp3) is 0.263. The molecule has 120 valence electrons. The van der Waals surface area contributed by atoms with E-state index in [9.17, 15) is 14.7 Å². The lowest BCUT2D eigenvalue weighted by molar-refractivity contribution is -0.143. The highest BCUT2D eigenvalue weighted by atomic mass is 16.4. The van der Waals surface area contributed by atoms with Crippen LogP contribution in [0.25, 0.3) is 0 Å². The Bertz CT molecular complexity index is 675. The highest BCUT2D eigenvalue weighted by molar-refractivity contribution is 5.93. The van der Waals surface area contributed by atoms with Crippen LogP contribution in [0.4, 0.5) is 5.69 Å². The summed E-state index contributed by atoms with van der Waals surface area (Å²) in [6, 6.07) is 15.0. The van der Waals surface area contributed by atoms with Gasteiger partial charge < -0.3 is 10.4 Å². The van der Waals surface area contributed by atoms with Crippen LogP contribution in [0.1, 0.15) is 23.1 Å². The summed E-state index contributed by atoms with van der Waals surface area (Å²) >= 11 is 0. The van der Waals surface area contributed by atoms with E-state index in [1.54, 1.807) is 12.1 Å². The van der Waals surface area contributed by atoms with Crippen molar-refractivity contribution in [3.05, 3.63) is 65.2 Å². The van der Waals surface area contributed by atoms with Gasteiger partial charge in [0.05, 0.1) is 5.92 Å². The van der Waals surface area contributed by atoms with Crippen LogP contribution in [0, 0.1) is 19.8 Å². The molecule has 0 bridgehead atoms. The largest absolute Gasteiger partial charge is 0.481 e. The molecule has 0 saturated carbocycles. The van der Waals surface area contributed by atoms with Crippen molar-refractivity contribution in [2.24, 2.45) is 5.92 Å². The molecule has 2 aromatic rings. The zero-order valence-corrected chi connectivity index (χ0v) is 13.4. The normalized spacial score (nSPS) is 11.7. The minimum absolute atomic E-state index is 0.0444. The number of carbonyl (C=O) groups is 2. The van der Waals surface area contributed by atoms with Crippen molar-refractivity contribution in [1.29, 1.82) is 0 Å². The van der Waals surface area contributed by atoms with Crippen LogP contribution in [-0.4, -0.2) is 17.0 Å². The number of benzene rings is 2. The molecule has 0 radical (unpaired) electrons. The van der Waals surface area contributed by atoms with Gasteiger partial charge in [-0.15, -0.1) is 0 Å². The molecule has 0 aromatic heterocycles. The number of amides is 1. The number of rotatable bonds is 6. The first-order valence-electron chi connectivity index (χ1n) is 7.59. The number of aliphatic carboxylic acids is 1. The Kier molecular flexibility index (Phi) is 5.52. The molecule has 0 aliphatic heterocycles. The van der Waals surface area contributed by atoms with Gasteiger partial charge in [-0.2, -0.15) is 0 Å². The summed E-state index contributed by atoms with van der Waals surface area (Å²) in [5.74, 6) is -1.97. The van der Waals surface area contributed by atoms with Gasteiger partial charge in [0, 0.05) is 12.1 Å². The van der Waals surface area contributed by atoms with Gasteiger partial charge in [0.2, 0.25) is 5.91 Å². The van der Waals surface area contributed by atoms with Crippen LogP contribution in [0.5, 0.6) is 0 Å². The first-order chi connectivity index (χ1) is 10.9. The number of carboxylic acids is 1. The molecule has 1 atom stereocenters. The number of aryl methyl sites for hydroxylation is 2. The standard InChI is InChI=1S/C19H21NO3/c1-13-8-14(2)10-15(9-13)11-16(19(22)23)12-18(21)20-17-6-4-3-5-7-17/h3-10,16H,11-12H2,1-2H3,(H,20,21)(H,22,23)/t16-/m1/s1. The lowest BCUT2D eigenvalue weighted by Crippen LogP contribution is -2.24. The summed E-state index contributed by atoms with van der Waals surface area (Å²) in [7, 11) is 0. The molecular formula is C19H21NO3. The second-order valence-corrected chi connectivity index (χ2v) is 5.85. The van der Waals surface area contributed by atoms with Crippen molar-refractivity contribution in [2.75, 3.05) is 5.32 Å². The van der Waals surface area contributed by atoms with Crippen molar-refractivity contribution in [1.82, 2.24) is 0 Å². The Labute approximate surface area is 136 Å². The van der Waals surface area contributed by atoms with E-state index >= 15 is 0 Å².